The van der Waals surface area contributed by atoms with Crippen molar-refractivity contribution >= 4 is 0 Å². The number of halogens is 1. The van der Waals surface area contributed by atoms with Gasteiger partial charge in [-0.3, -0.25) is 0 Å². The number of hydrogen-bond acceptors (Lipinski definition) is 3. The number of benzene rings is 1. The summed E-state index contributed by atoms with van der Waals surface area (Å²) in [6.45, 7) is 5.98. The van der Waals surface area contributed by atoms with Crippen LogP contribution in [0.4, 0.5) is 4.39 Å². The number of nitrogens with two attached hydrogens (primary N) is 1. The first-order chi connectivity index (χ1) is 8.25. The minimum atomic E-state index is -0.922. The smallest absolute Gasteiger partial charge is 0.129 e. The molecular formula is C14H22FNO2. The van der Waals surface area contributed by atoms with Gasteiger partial charge in [-0.05, 0) is 30.0 Å². The van der Waals surface area contributed by atoms with Gasteiger partial charge in [0.15, 0.2) is 0 Å². The first-order valence-electron chi connectivity index (χ1n) is 6.02. The Morgan fingerprint density at radius 3 is 2.50 bits per heavy atom. The molecule has 0 aliphatic rings. The van der Waals surface area contributed by atoms with Crippen LogP contribution in [-0.2, 0) is 0 Å². The van der Waals surface area contributed by atoms with Gasteiger partial charge in [-0.15, -0.1) is 0 Å². The first kappa shape index (κ1) is 14.9. The highest BCUT2D eigenvalue weighted by Crippen LogP contribution is 2.29. The van der Waals surface area contributed by atoms with Gasteiger partial charge in [0, 0.05) is 11.6 Å². The Morgan fingerprint density at radius 1 is 1.39 bits per heavy atom. The van der Waals surface area contributed by atoms with E-state index in [1.165, 1.54) is 25.3 Å². The molecule has 0 bridgehead atoms. The molecular weight excluding hydrogens is 233 g/mol. The molecule has 0 aliphatic heterocycles. The Kier molecular flexibility index (Phi) is 4.71. The van der Waals surface area contributed by atoms with Crippen molar-refractivity contribution in [3.8, 4) is 5.75 Å². The van der Waals surface area contributed by atoms with Crippen LogP contribution in [-0.4, -0.2) is 18.3 Å². The van der Waals surface area contributed by atoms with Crippen LogP contribution in [0.15, 0.2) is 18.2 Å². The molecule has 1 aromatic carbocycles. The molecule has 0 radical (unpaired) electrons. The van der Waals surface area contributed by atoms with E-state index in [1.807, 2.05) is 20.8 Å². The van der Waals surface area contributed by atoms with Crippen LogP contribution >= 0.6 is 0 Å². The molecule has 18 heavy (non-hydrogen) atoms. The molecule has 3 nitrogen and oxygen atoms in total. The molecule has 0 heterocycles. The van der Waals surface area contributed by atoms with E-state index in [2.05, 4.69) is 0 Å². The summed E-state index contributed by atoms with van der Waals surface area (Å²) in [5.41, 5.74) is 6.10. The van der Waals surface area contributed by atoms with Gasteiger partial charge in [-0.2, -0.15) is 0 Å². The predicted molar refractivity (Wildman–Crippen MR) is 70.0 cm³/mol. The monoisotopic (exact) mass is 255 g/mol. The second-order valence-corrected chi connectivity index (χ2v) is 5.61. The van der Waals surface area contributed by atoms with E-state index in [0.717, 1.165) is 0 Å². The van der Waals surface area contributed by atoms with Crippen molar-refractivity contribution in [1.29, 1.82) is 0 Å². The zero-order valence-corrected chi connectivity index (χ0v) is 11.4. The highest BCUT2D eigenvalue weighted by Gasteiger charge is 2.25. The van der Waals surface area contributed by atoms with Gasteiger partial charge in [0.25, 0.3) is 0 Å². The normalized spacial score (nSPS) is 15.3. The highest BCUT2D eigenvalue weighted by molar-refractivity contribution is 5.31. The zero-order valence-electron chi connectivity index (χ0n) is 11.4. The summed E-state index contributed by atoms with van der Waals surface area (Å²) in [6, 6.07) is 4.11. The van der Waals surface area contributed by atoms with E-state index in [9.17, 15) is 9.50 Å². The van der Waals surface area contributed by atoms with Crippen LogP contribution in [0.25, 0.3) is 0 Å². The average molecular weight is 255 g/mol. The van der Waals surface area contributed by atoms with Crippen LogP contribution in [0, 0.1) is 11.2 Å². The van der Waals surface area contributed by atoms with Crippen LogP contribution < -0.4 is 10.5 Å². The minimum absolute atomic E-state index is 0.129. The molecule has 1 aromatic rings. The second kappa shape index (κ2) is 5.67. The van der Waals surface area contributed by atoms with Gasteiger partial charge >= 0.3 is 0 Å². The maximum atomic E-state index is 13.6. The maximum absolute atomic E-state index is 13.6. The summed E-state index contributed by atoms with van der Waals surface area (Å²) < 4.78 is 18.7. The third-order valence-electron chi connectivity index (χ3n) is 3.15. The van der Waals surface area contributed by atoms with Crippen molar-refractivity contribution in [2.75, 3.05) is 7.11 Å². The standard InChI is InChI=1S/C14H22FNO2/c1-14(2,3)13(16)8-12(17)10-7-9(18-4)5-6-11(10)15/h5-7,12-13,17H,8,16H2,1-4H3/t12-,13-/m1/s1. The topological polar surface area (TPSA) is 55.5 Å². The van der Waals surface area contributed by atoms with Crippen molar-refractivity contribution in [1.82, 2.24) is 0 Å². The Balaban J connectivity index is 2.87. The zero-order chi connectivity index (χ0) is 13.9. The number of hydrogen-bond donors (Lipinski definition) is 2. The SMILES string of the molecule is COc1ccc(F)c([C@H](O)C[C@@H](N)C(C)(C)C)c1. The summed E-state index contributed by atoms with van der Waals surface area (Å²) in [6.07, 6.45) is -0.609. The Labute approximate surface area is 108 Å². The molecule has 102 valence electrons. The number of aliphatic hydroxyl groups is 1. The van der Waals surface area contributed by atoms with Crippen molar-refractivity contribution < 1.29 is 14.2 Å². The van der Waals surface area contributed by atoms with Gasteiger partial charge in [0.1, 0.15) is 11.6 Å². The quantitative estimate of drug-likeness (QED) is 0.869. The summed E-state index contributed by atoms with van der Waals surface area (Å²) >= 11 is 0. The first-order valence-corrected chi connectivity index (χ1v) is 6.02. The van der Waals surface area contributed by atoms with Crippen molar-refractivity contribution in [2.24, 2.45) is 11.1 Å². The summed E-state index contributed by atoms with van der Waals surface area (Å²) in [5.74, 6) is 0.0826. The molecule has 0 aromatic heterocycles. The van der Waals surface area contributed by atoms with E-state index in [0.29, 0.717) is 12.2 Å². The van der Waals surface area contributed by atoms with Gasteiger partial charge in [0.2, 0.25) is 0 Å². The lowest BCUT2D eigenvalue weighted by Gasteiger charge is -2.29. The van der Waals surface area contributed by atoms with E-state index in [4.69, 9.17) is 10.5 Å². The van der Waals surface area contributed by atoms with Gasteiger partial charge < -0.3 is 15.6 Å². The van der Waals surface area contributed by atoms with Crippen molar-refractivity contribution in [3.05, 3.63) is 29.6 Å². The fraction of sp³-hybridized carbons (Fsp3) is 0.571. The molecule has 4 heteroatoms. The van der Waals surface area contributed by atoms with Gasteiger partial charge in [-0.1, -0.05) is 20.8 Å². The molecule has 0 aliphatic carbocycles. The number of rotatable bonds is 4. The summed E-state index contributed by atoms with van der Waals surface area (Å²) in [5, 5.41) is 10.1. The Hall–Kier alpha value is -1.13. The molecule has 0 saturated heterocycles. The molecule has 0 fully saturated rings. The third-order valence-corrected chi connectivity index (χ3v) is 3.15. The number of aliphatic hydroxyl groups excluding tert-OH is 1. The average Bonchev–Trinajstić information content (AvgIpc) is 2.28. The van der Waals surface area contributed by atoms with Crippen molar-refractivity contribution in [2.45, 2.75) is 39.3 Å². The molecule has 0 saturated carbocycles. The van der Waals surface area contributed by atoms with E-state index >= 15 is 0 Å². The van der Waals surface area contributed by atoms with Gasteiger partial charge in [-0.25, -0.2) is 4.39 Å². The second-order valence-electron chi connectivity index (χ2n) is 5.61. The molecule has 0 spiro atoms. The van der Waals surface area contributed by atoms with Gasteiger partial charge in [0.05, 0.1) is 13.2 Å². The Morgan fingerprint density at radius 2 is 2.00 bits per heavy atom. The number of methoxy groups -OCH3 is 1. The molecule has 3 N–H and O–H groups in total. The lowest BCUT2D eigenvalue weighted by Crippen LogP contribution is -2.36. The lowest BCUT2D eigenvalue weighted by molar-refractivity contribution is 0.129. The van der Waals surface area contributed by atoms with E-state index in [-0.39, 0.29) is 17.0 Å². The maximum Gasteiger partial charge on any atom is 0.129 e. The van der Waals surface area contributed by atoms with Crippen LogP contribution in [0.5, 0.6) is 5.75 Å². The molecule has 1 rings (SSSR count). The Bertz CT molecular complexity index is 401. The third kappa shape index (κ3) is 3.68. The molecule has 0 amide bonds. The molecule has 0 unspecified atom stereocenters. The fourth-order valence-corrected chi connectivity index (χ4v) is 1.63. The fourth-order valence-electron chi connectivity index (χ4n) is 1.63. The largest absolute Gasteiger partial charge is 0.497 e. The highest BCUT2D eigenvalue weighted by atomic mass is 19.1. The van der Waals surface area contributed by atoms with E-state index < -0.39 is 11.9 Å². The lowest BCUT2D eigenvalue weighted by atomic mass is 9.83. The number of ether oxygens (including phenoxy) is 1. The summed E-state index contributed by atoms with van der Waals surface area (Å²) in [7, 11) is 1.50. The predicted octanol–water partition coefficient (Wildman–Crippen LogP) is 2.63. The summed E-state index contributed by atoms with van der Waals surface area (Å²) in [4.78, 5) is 0. The van der Waals surface area contributed by atoms with Crippen LogP contribution in [0.3, 0.4) is 0 Å². The van der Waals surface area contributed by atoms with Crippen molar-refractivity contribution in [3.63, 3.8) is 0 Å². The minimum Gasteiger partial charge on any atom is -0.497 e. The van der Waals surface area contributed by atoms with Crippen LogP contribution in [0.2, 0.25) is 0 Å². The molecule has 2 atom stereocenters. The van der Waals surface area contributed by atoms with Crippen LogP contribution in [0.1, 0.15) is 38.9 Å². The van der Waals surface area contributed by atoms with E-state index in [1.54, 1.807) is 0 Å².